The molecule has 4 rings (SSSR count). The monoisotopic (exact) mass is 438 g/mol. The van der Waals surface area contributed by atoms with Crippen molar-refractivity contribution in [3.05, 3.63) is 89.2 Å². The minimum Gasteiger partial charge on any atom is -0.324 e. The number of halogens is 3. The SMILES string of the molecule is CC1=C[C@H](N)C[C@H](c2ccncc2NC(=O)c2ccc(F)c(-c3ccc(F)c(F)c3)n2)C1. The number of nitrogens with one attached hydrogen (secondary N) is 1. The molecule has 2 aromatic heterocycles. The van der Waals surface area contributed by atoms with Gasteiger partial charge in [0, 0.05) is 17.8 Å². The topological polar surface area (TPSA) is 80.9 Å². The third-order valence-corrected chi connectivity index (χ3v) is 5.44. The molecule has 0 bridgehead atoms. The number of rotatable bonds is 4. The van der Waals surface area contributed by atoms with E-state index in [0.29, 0.717) is 5.69 Å². The van der Waals surface area contributed by atoms with Gasteiger partial charge in [-0.25, -0.2) is 18.2 Å². The summed E-state index contributed by atoms with van der Waals surface area (Å²) in [6.07, 6.45) is 6.79. The number of nitrogens with zero attached hydrogens (tertiary/aromatic N) is 2. The minimum absolute atomic E-state index is 0.0246. The zero-order valence-corrected chi connectivity index (χ0v) is 17.3. The molecule has 1 aliphatic carbocycles. The molecule has 0 radical (unpaired) electrons. The van der Waals surface area contributed by atoms with Crippen LogP contribution in [0.1, 0.15) is 41.7 Å². The molecule has 5 nitrogen and oxygen atoms in total. The summed E-state index contributed by atoms with van der Waals surface area (Å²) in [5.41, 5.74) is 8.43. The second-order valence-electron chi connectivity index (χ2n) is 7.89. The molecular formula is C24H21F3N4O. The highest BCUT2D eigenvalue weighted by Gasteiger charge is 2.23. The van der Waals surface area contributed by atoms with Gasteiger partial charge < -0.3 is 11.1 Å². The van der Waals surface area contributed by atoms with Crippen LogP contribution in [0.15, 0.2) is 60.4 Å². The zero-order chi connectivity index (χ0) is 22.8. The maximum Gasteiger partial charge on any atom is 0.274 e. The Bertz CT molecular complexity index is 1210. The minimum atomic E-state index is -1.13. The van der Waals surface area contributed by atoms with Gasteiger partial charge in [0.05, 0.1) is 11.9 Å². The van der Waals surface area contributed by atoms with Crippen molar-refractivity contribution < 1.29 is 18.0 Å². The maximum absolute atomic E-state index is 14.3. The molecule has 3 aromatic rings. The second-order valence-corrected chi connectivity index (χ2v) is 7.89. The van der Waals surface area contributed by atoms with Crippen molar-refractivity contribution in [2.75, 3.05) is 5.32 Å². The van der Waals surface area contributed by atoms with E-state index in [1.165, 1.54) is 17.7 Å². The van der Waals surface area contributed by atoms with E-state index in [1.54, 1.807) is 12.4 Å². The van der Waals surface area contributed by atoms with Crippen molar-refractivity contribution in [1.29, 1.82) is 0 Å². The maximum atomic E-state index is 14.3. The summed E-state index contributed by atoms with van der Waals surface area (Å²) in [6.45, 7) is 2.02. The zero-order valence-electron chi connectivity index (χ0n) is 17.3. The Hall–Kier alpha value is -3.52. The molecule has 1 aliphatic rings. The lowest BCUT2D eigenvalue weighted by molar-refractivity contribution is 0.102. The average molecular weight is 438 g/mol. The molecule has 32 heavy (non-hydrogen) atoms. The van der Waals surface area contributed by atoms with E-state index in [9.17, 15) is 18.0 Å². The molecule has 0 saturated heterocycles. The predicted molar refractivity (Wildman–Crippen MR) is 115 cm³/mol. The third-order valence-electron chi connectivity index (χ3n) is 5.44. The summed E-state index contributed by atoms with van der Waals surface area (Å²) in [5.74, 6) is -3.40. The van der Waals surface area contributed by atoms with Gasteiger partial charge in [0.15, 0.2) is 11.6 Å². The van der Waals surface area contributed by atoms with E-state index in [2.05, 4.69) is 15.3 Å². The van der Waals surface area contributed by atoms with Gasteiger partial charge in [-0.2, -0.15) is 0 Å². The smallest absolute Gasteiger partial charge is 0.274 e. The van der Waals surface area contributed by atoms with Gasteiger partial charge in [0.25, 0.3) is 5.91 Å². The Balaban J connectivity index is 1.62. The summed E-state index contributed by atoms with van der Waals surface area (Å²) in [7, 11) is 0. The number of allylic oxidation sites excluding steroid dienone is 1. The summed E-state index contributed by atoms with van der Waals surface area (Å²) >= 11 is 0. The molecule has 164 valence electrons. The van der Waals surface area contributed by atoms with Crippen LogP contribution in [0, 0.1) is 17.5 Å². The van der Waals surface area contributed by atoms with Gasteiger partial charge in [0.2, 0.25) is 0 Å². The van der Waals surface area contributed by atoms with Crippen molar-refractivity contribution in [3.63, 3.8) is 0 Å². The van der Waals surface area contributed by atoms with Crippen LogP contribution in [-0.2, 0) is 0 Å². The average Bonchev–Trinajstić information content (AvgIpc) is 2.75. The van der Waals surface area contributed by atoms with Gasteiger partial charge in [-0.05, 0) is 67.6 Å². The van der Waals surface area contributed by atoms with Crippen molar-refractivity contribution in [1.82, 2.24) is 9.97 Å². The van der Waals surface area contributed by atoms with Gasteiger partial charge in [0.1, 0.15) is 17.2 Å². The van der Waals surface area contributed by atoms with Crippen LogP contribution in [0.25, 0.3) is 11.3 Å². The molecule has 0 unspecified atom stereocenters. The predicted octanol–water partition coefficient (Wildman–Crippen LogP) is 4.96. The number of amides is 1. The number of carbonyl (C=O) groups excluding carboxylic acids is 1. The lowest BCUT2D eigenvalue weighted by Gasteiger charge is -2.27. The van der Waals surface area contributed by atoms with E-state index >= 15 is 0 Å². The first kappa shape index (κ1) is 21.7. The molecule has 1 aromatic carbocycles. The summed E-state index contributed by atoms with van der Waals surface area (Å²) in [6, 6.07) is 6.99. The Morgan fingerprint density at radius 3 is 2.62 bits per heavy atom. The Morgan fingerprint density at radius 1 is 1.09 bits per heavy atom. The fraction of sp³-hybridized carbons (Fsp3) is 0.208. The number of benzene rings is 1. The van der Waals surface area contributed by atoms with E-state index in [0.717, 1.165) is 36.6 Å². The molecule has 8 heteroatoms. The first-order chi connectivity index (χ1) is 15.3. The van der Waals surface area contributed by atoms with Crippen LogP contribution in [-0.4, -0.2) is 21.9 Å². The summed E-state index contributed by atoms with van der Waals surface area (Å²) in [5, 5.41) is 2.79. The first-order valence-electron chi connectivity index (χ1n) is 10.1. The number of carbonyl (C=O) groups is 1. The highest BCUT2D eigenvalue weighted by molar-refractivity contribution is 6.03. The van der Waals surface area contributed by atoms with Crippen LogP contribution in [0.5, 0.6) is 0 Å². The fourth-order valence-corrected chi connectivity index (χ4v) is 4.01. The number of hydrogen-bond acceptors (Lipinski definition) is 4. The van der Waals surface area contributed by atoms with Gasteiger partial charge in [-0.3, -0.25) is 9.78 Å². The molecule has 0 spiro atoms. The van der Waals surface area contributed by atoms with E-state index in [1.807, 2.05) is 19.1 Å². The van der Waals surface area contributed by atoms with Crippen molar-refractivity contribution in [3.8, 4) is 11.3 Å². The van der Waals surface area contributed by atoms with Crippen LogP contribution in [0.4, 0.5) is 18.9 Å². The number of nitrogens with two attached hydrogens (primary N) is 1. The van der Waals surface area contributed by atoms with E-state index in [4.69, 9.17) is 5.73 Å². The Labute approximate surface area is 183 Å². The Kier molecular flexibility index (Phi) is 6.05. The molecule has 2 heterocycles. The highest BCUT2D eigenvalue weighted by atomic mass is 19.2. The summed E-state index contributed by atoms with van der Waals surface area (Å²) < 4.78 is 41.1. The van der Waals surface area contributed by atoms with Crippen LogP contribution in [0.2, 0.25) is 0 Å². The molecule has 2 atom stereocenters. The quantitative estimate of drug-likeness (QED) is 0.564. The second kappa shape index (κ2) is 8.92. The largest absolute Gasteiger partial charge is 0.324 e. The van der Waals surface area contributed by atoms with E-state index < -0.39 is 23.4 Å². The van der Waals surface area contributed by atoms with Crippen LogP contribution < -0.4 is 11.1 Å². The van der Waals surface area contributed by atoms with Gasteiger partial charge >= 0.3 is 0 Å². The number of aromatic nitrogens is 2. The fourth-order valence-electron chi connectivity index (χ4n) is 4.01. The number of hydrogen-bond donors (Lipinski definition) is 2. The standard InChI is InChI=1S/C24H21F3N4O/c1-13-8-15(10-16(28)9-13)17-6-7-29-12-22(17)31-24(32)21-5-4-19(26)23(30-21)14-2-3-18(25)20(27)11-14/h2-7,9,11-12,15-16H,8,10,28H2,1H3,(H,31,32)/t15-,16+/m1/s1. The van der Waals surface area contributed by atoms with Crippen LogP contribution in [0.3, 0.4) is 0 Å². The normalized spacial score (nSPS) is 18.2. The molecule has 1 amide bonds. The van der Waals surface area contributed by atoms with Crippen molar-refractivity contribution in [2.45, 2.75) is 31.7 Å². The highest BCUT2D eigenvalue weighted by Crippen LogP contribution is 2.36. The Morgan fingerprint density at radius 2 is 1.88 bits per heavy atom. The van der Waals surface area contributed by atoms with Crippen molar-refractivity contribution in [2.24, 2.45) is 5.73 Å². The third kappa shape index (κ3) is 4.55. The lowest BCUT2D eigenvalue weighted by atomic mass is 9.82. The summed E-state index contributed by atoms with van der Waals surface area (Å²) in [4.78, 5) is 21.1. The molecular weight excluding hydrogens is 417 g/mol. The molecule has 3 N–H and O–H groups in total. The molecule has 0 fully saturated rings. The molecule has 0 saturated carbocycles. The van der Waals surface area contributed by atoms with E-state index in [-0.39, 0.29) is 28.9 Å². The number of anilines is 1. The lowest BCUT2D eigenvalue weighted by Crippen LogP contribution is -2.25. The molecule has 0 aliphatic heterocycles. The van der Waals surface area contributed by atoms with Gasteiger partial charge in [-0.1, -0.05) is 11.6 Å². The van der Waals surface area contributed by atoms with Crippen molar-refractivity contribution >= 4 is 11.6 Å². The first-order valence-corrected chi connectivity index (χ1v) is 10.1. The van der Waals surface area contributed by atoms with Crippen LogP contribution >= 0.6 is 0 Å². The number of pyridine rings is 2. The van der Waals surface area contributed by atoms with Gasteiger partial charge in [-0.15, -0.1) is 0 Å².